The topological polar surface area (TPSA) is 0 Å². The van der Waals surface area contributed by atoms with E-state index in [-0.39, 0.29) is 33.3 Å². The van der Waals surface area contributed by atoms with Crippen molar-refractivity contribution in [2.45, 2.75) is 0 Å². The van der Waals surface area contributed by atoms with Gasteiger partial charge in [-0.3, -0.25) is 0 Å². The Morgan fingerprint density at radius 1 is 1.50 bits per heavy atom. The van der Waals surface area contributed by atoms with Crippen LogP contribution in [-0.2, 0) is 52.5 Å². The van der Waals surface area contributed by atoms with Crippen molar-refractivity contribution in [2.24, 2.45) is 0 Å². The van der Waals surface area contributed by atoms with Crippen molar-refractivity contribution in [3.05, 3.63) is 17.9 Å². The van der Waals surface area contributed by atoms with Crippen molar-refractivity contribution in [3.8, 4) is 0 Å². The third kappa shape index (κ3) is 4.33. The summed E-state index contributed by atoms with van der Waals surface area (Å²) in [4.78, 5) is 0. The second-order valence-electron chi connectivity index (χ2n) is 1.02. The number of hydrogen-bond donors (Lipinski definition) is 0. The first-order chi connectivity index (χ1) is 2.89. The summed E-state index contributed by atoms with van der Waals surface area (Å²) < 4.78 is 1.55. The monoisotopic (exact) mass is 387 g/mol. The Morgan fingerprint density at radius 3 is 2.25 bits per heavy atom. The molecular weight excluding hydrogens is 383 g/mol. The van der Waals surface area contributed by atoms with E-state index >= 15 is 0 Å². The molecule has 1 rings (SSSR count). The Labute approximate surface area is 81.8 Å². The Kier molecular flexibility index (Phi) is 9.96. The molecule has 0 saturated carbocycles. The molecule has 1 heterocycles. The number of hydrogen-bond acceptors (Lipinski definition) is 0. The first kappa shape index (κ1) is 12.2. The van der Waals surface area contributed by atoms with Crippen LogP contribution in [-0.4, -0.2) is 0 Å². The van der Waals surface area contributed by atoms with Gasteiger partial charge in [-0.15, -0.1) is 0 Å². The van der Waals surface area contributed by atoms with E-state index in [2.05, 4.69) is 17.9 Å². The Morgan fingerprint density at radius 2 is 2.12 bits per heavy atom. The molecule has 0 aliphatic heterocycles. The summed E-state index contributed by atoms with van der Waals surface area (Å²) in [6.45, 7) is 0. The van der Waals surface area contributed by atoms with E-state index in [4.69, 9.17) is 0 Å². The molecule has 0 aliphatic carbocycles. The van der Waals surface area contributed by atoms with Gasteiger partial charge in [-0.25, -0.2) is 0 Å². The molecule has 0 spiro atoms. The Bertz CT molecular complexity index is 120. The molecule has 0 bridgehead atoms. The van der Waals surface area contributed by atoms with Crippen molar-refractivity contribution in [3.63, 3.8) is 0 Å². The van der Waals surface area contributed by atoms with Crippen LogP contribution >= 0.6 is 8.19 Å². The quantitative estimate of drug-likeness (QED) is 0.581. The van der Waals surface area contributed by atoms with Crippen molar-refractivity contribution in [1.29, 1.82) is 0 Å². The first-order valence-electron chi connectivity index (χ1n) is 1.68. The number of rotatable bonds is 0. The van der Waals surface area contributed by atoms with Crippen LogP contribution in [0.4, 0.5) is 0 Å². The van der Waals surface area contributed by atoms with Crippen molar-refractivity contribution < 1.29 is 52.5 Å². The normalized spacial score (nSPS) is 7.62. The molecule has 1 aromatic rings. The summed E-state index contributed by atoms with van der Waals surface area (Å²) >= 11 is 1.80. The second kappa shape index (κ2) is 6.56. The molecule has 0 amide bonds. The molecule has 0 fully saturated rings. The van der Waals surface area contributed by atoms with Crippen LogP contribution in [0.1, 0.15) is 0 Å². The SMILES string of the molecule is [Co].[Ni].[Re][c]1ccc[pH]1. The summed E-state index contributed by atoms with van der Waals surface area (Å²) in [5.41, 5.74) is 0. The molecule has 0 aromatic carbocycles. The average Bonchev–Trinajstić information content (AvgIpc) is 1.86. The molecule has 0 saturated heterocycles. The molecule has 1 atom stereocenters. The summed E-state index contributed by atoms with van der Waals surface area (Å²) in [6, 6.07) is 4.29. The summed E-state index contributed by atoms with van der Waals surface area (Å²) in [7, 11) is 0.988. The van der Waals surface area contributed by atoms with Crippen LogP contribution in [0.25, 0.3) is 0 Å². The van der Waals surface area contributed by atoms with Crippen LogP contribution in [0.15, 0.2) is 17.9 Å². The van der Waals surface area contributed by atoms with Crippen LogP contribution in [0.5, 0.6) is 0 Å². The molecule has 51 valence electrons. The van der Waals surface area contributed by atoms with Crippen LogP contribution < -0.4 is 3.77 Å². The van der Waals surface area contributed by atoms with E-state index in [1.54, 1.807) is 23.0 Å². The van der Waals surface area contributed by atoms with E-state index < -0.39 is 0 Å². The summed E-state index contributed by atoms with van der Waals surface area (Å²) in [6.07, 6.45) is 0. The Hall–Kier alpha value is 1.44. The molecule has 0 aliphatic rings. The van der Waals surface area contributed by atoms with Gasteiger partial charge in [0.1, 0.15) is 0 Å². The fourth-order valence-electron chi connectivity index (χ4n) is 0.308. The van der Waals surface area contributed by atoms with E-state index in [1.807, 2.05) is 0 Å². The third-order valence-electron chi connectivity index (χ3n) is 0.560. The fourth-order valence-corrected chi connectivity index (χ4v) is 1.79. The van der Waals surface area contributed by atoms with Crippen molar-refractivity contribution in [1.82, 2.24) is 0 Å². The van der Waals surface area contributed by atoms with E-state index in [9.17, 15) is 0 Å². The summed E-state index contributed by atoms with van der Waals surface area (Å²) in [5, 5.41) is 0. The van der Waals surface area contributed by atoms with Gasteiger partial charge in [-0.1, -0.05) is 0 Å². The van der Waals surface area contributed by atoms with Crippen LogP contribution in [0, 0.1) is 0 Å². The predicted octanol–water partition coefficient (Wildman–Crippen LogP) is 0.885. The maximum absolute atomic E-state index is 2.20. The molecule has 4 heteroatoms. The van der Waals surface area contributed by atoms with Gasteiger partial charge in [0.25, 0.3) is 0 Å². The molecular formula is C4H4CoNiPRe. The Balaban J connectivity index is 0. The second-order valence-corrected chi connectivity index (χ2v) is 4.94. The minimum absolute atomic E-state index is 0. The third-order valence-corrected chi connectivity index (χ3v) is 2.99. The van der Waals surface area contributed by atoms with Gasteiger partial charge in [0.2, 0.25) is 0 Å². The zero-order chi connectivity index (χ0) is 4.41. The van der Waals surface area contributed by atoms with Gasteiger partial charge in [0.15, 0.2) is 0 Å². The van der Waals surface area contributed by atoms with Crippen LogP contribution in [0.3, 0.4) is 0 Å². The molecule has 1 aromatic heterocycles. The molecule has 8 heavy (non-hydrogen) atoms. The molecule has 0 nitrogen and oxygen atoms in total. The van der Waals surface area contributed by atoms with E-state index in [0.717, 1.165) is 8.19 Å². The molecule has 1 radical (unpaired) electrons. The standard InChI is InChI=1S/C4H4P.Co.Ni.Re/c1-2-4-5-3-1;;;/h1-3,5H;;;. The molecule has 1 unspecified atom stereocenters. The van der Waals surface area contributed by atoms with E-state index in [1.165, 1.54) is 0 Å². The fraction of sp³-hybridized carbons (Fsp3) is 0. The van der Waals surface area contributed by atoms with Gasteiger partial charge in [0, 0.05) is 33.3 Å². The maximum atomic E-state index is 2.20. The average molecular weight is 387 g/mol. The first-order valence-corrected chi connectivity index (χ1v) is 4.12. The van der Waals surface area contributed by atoms with Gasteiger partial charge in [-0.2, -0.15) is 0 Å². The van der Waals surface area contributed by atoms with Gasteiger partial charge in [0.05, 0.1) is 0 Å². The van der Waals surface area contributed by atoms with Crippen molar-refractivity contribution in [2.75, 3.05) is 0 Å². The summed E-state index contributed by atoms with van der Waals surface area (Å²) in [5.74, 6) is 2.20. The zero-order valence-corrected chi connectivity index (χ0v) is 9.50. The van der Waals surface area contributed by atoms with Gasteiger partial charge in [-0.05, 0) is 0 Å². The van der Waals surface area contributed by atoms with Crippen LogP contribution in [0.2, 0.25) is 0 Å². The molecule has 0 N–H and O–H groups in total. The predicted molar refractivity (Wildman–Crippen MR) is 25.6 cm³/mol. The zero-order valence-electron chi connectivity index (χ0n) is 3.76. The van der Waals surface area contributed by atoms with Gasteiger partial charge >= 0.3 is 49.1 Å². The minimum atomic E-state index is 0. The van der Waals surface area contributed by atoms with Crippen molar-refractivity contribution >= 4 is 12.0 Å². The van der Waals surface area contributed by atoms with Gasteiger partial charge < -0.3 is 0 Å². The van der Waals surface area contributed by atoms with E-state index in [0.29, 0.717) is 0 Å².